The summed E-state index contributed by atoms with van der Waals surface area (Å²) in [6, 6.07) is 10.6. The maximum absolute atomic E-state index is 2.28. The minimum atomic E-state index is 1.17. The van der Waals surface area contributed by atoms with Gasteiger partial charge in [0, 0.05) is 0 Å². The van der Waals surface area contributed by atoms with E-state index in [2.05, 4.69) is 36.4 Å². The zero-order valence-electron chi connectivity index (χ0n) is 9.03. The van der Waals surface area contributed by atoms with E-state index in [1.807, 2.05) is 26.0 Å². The topological polar surface area (TPSA) is 0 Å². The van der Waals surface area contributed by atoms with Crippen molar-refractivity contribution in [1.82, 2.24) is 0 Å². The van der Waals surface area contributed by atoms with Gasteiger partial charge in [-0.05, 0) is 32.3 Å². The predicted octanol–water partition coefficient (Wildman–Crippen LogP) is 4.14. The molecule has 0 nitrogen and oxygen atoms in total. The summed E-state index contributed by atoms with van der Waals surface area (Å²) in [5.41, 5.74) is 3.03. The zero-order valence-corrected chi connectivity index (χ0v) is 9.03. The molecule has 0 atom stereocenters. The van der Waals surface area contributed by atoms with E-state index in [-0.39, 0.29) is 0 Å². The molecule has 0 unspecified atom stereocenters. The summed E-state index contributed by atoms with van der Waals surface area (Å²) in [6.45, 7) is 4.00. The molecule has 0 fully saturated rings. The summed E-state index contributed by atoms with van der Waals surface area (Å²) in [5.74, 6) is 0. The van der Waals surface area contributed by atoms with Crippen LogP contribution in [0, 0.1) is 0 Å². The van der Waals surface area contributed by atoms with Gasteiger partial charge < -0.3 is 0 Å². The fourth-order valence-electron chi connectivity index (χ4n) is 1.07. The van der Waals surface area contributed by atoms with Crippen molar-refractivity contribution in [1.29, 1.82) is 0 Å². The van der Waals surface area contributed by atoms with Crippen molar-refractivity contribution >= 4 is 0 Å². The Morgan fingerprint density at radius 2 is 1.64 bits per heavy atom. The predicted molar refractivity (Wildman–Crippen MR) is 63.3 cm³/mol. The number of allylic oxidation sites excluding steroid dienone is 4. The monoisotopic (exact) mass is 186 g/mol. The molecule has 0 aromatic heterocycles. The van der Waals surface area contributed by atoms with Gasteiger partial charge in [0.1, 0.15) is 0 Å². The normalized spacial score (nSPS) is 13.1. The highest BCUT2D eigenvalue weighted by Crippen LogP contribution is 2.22. The molecular weight excluding hydrogens is 168 g/mol. The summed E-state index contributed by atoms with van der Waals surface area (Å²) in [6.07, 6.45) is 8.70. The molecular formula is C14H18. The highest BCUT2D eigenvalue weighted by Gasteiger charge is 2.06. The Morgan fingerprint density at radius 1 is 1.07 bits per heavy atom. The molecule has 0 amide bonds. The summed E-state index contributed by atoms with van der Waals surface area (Å²) in [7, 11) is 0. The maximum Gasteiger partial charge on any atom is -0.00639 e. The van der Waals surface area contributed by atoms with E-state index in [1.54, 1.807) is 5.57 Å². The Hall–Kier alpha value is -1.30. The SMILES string of the molecule is C1=C(Cc2ccccc2)C1.CC=CC. The molecule has 0 saturated carbocycles. The van der Waals surface area contributed by atoms with E-state index in [4.69, 9.17) is 0 Å². The summed E-state index contributed by atoms with van der Waals surface area (Å²) in [4.78, 5) is 0. The molecule has 14 heavy (non-hydrogen) atoms. The molecule has 0 heterocycles. The van der Waals surface area contributed by atoms with E-state index < -0.39 is 0 Å². The number of hydrogen-bond donors (Lipinski definition) is 0. The van der Waals surface area contributed by atoms with E-state index in [9.17, 15) is 0 Å². The minimum absolute atomic E-state index is 1.17. The van der Waals surface area contributed by atoms with Gasteiger partial charge >= 0.3 is 0 Å². The van der Waals surface area contributed by atoms with Crippen molar-refractivity contribution in [3.8, 4) is 0 Å². The second-order valence-corrected chi connectivity index (χ2v) is 3.40. The van der Waals surface area contributed by atoms with Gasteiger partial charge in [-0.15, -0.1) is 0 Å². The van der Waals surface area contributed by atoms with Crippen molar-refractivity contribution in [3.63, 3.8) is 0 Å². The van der Waals surface area contributed by atoms with Crippen LogP contribution in [0.2, 0.25) is 0 Å². The van der Waals surface area contributed by atoms with Crippen LogP contribution in [0.3, 0.4) is 0 Å². The third-order valence-corrected chi connectivity index (χ3v) is 2.10. The Morgan fingerprint density at radius 3 is 2.07 bits per heavy atom. The van der Waals surface area contributed by atoms with Crippen molar-refractivity contribution in [2.24, 2.45) is 0 Å². The largest absolute Gasteiger partial charge is 0.0919 e. The van der Waals surface area contributed by atoms with E-state index in [0.29, 0.717) is 0 Å². The summed E-state index contributed by atoms with van der Waals surface area (Å²) < 4.78 is 0. The standard InChI is InChI=1S/C10H10.C4H8/c1-2-4-9(5-3-1)8-10-6-7-10;1-3-4-2/h1-6H,7-8H2;3-4H,1-2H3. The van der Waals surface area contributed by atoms with Crippen LogP contribution in [0.1, 0.15) is 25.8 Å². The average molecular weight is 186 g/mol. The lowest BCUT2D eigenvalue weighted by Crippen LogP contribution is -1.79. The first-order valence-corrected chi connectivity index (χ1v) is 5.16. The molecule has 74 valence electrons. The lowest BCUT2D eigenvalue weighted by Gasteiger charge is -1.93. The van der Waals surface area contributed by atoms with Gasteiger partial charge in [0.25, 0.3) is 0 Å². The minimum Gasteiger partial charge on any atom is -0.0919 e. The number of hydrogen-bond acceptors (Lipinski definition) is 0. The van der Waals surface area contributed by atoms with Gasteiger partial charge in [-0.25, -0.2) is 0 Å². The van der Waals surface area contributed by atoms with Crippen molar-refractivity contribution in [2.45, 2.75) is 26.7 Å². The van der Waals surface area contributed by atoms with E-state index in [0.717, 1.165) is 0 Å². The molecule has 0 radical (unpaired) electrons. The maximum atomic E-state index is 2.28. The lowest BCUT2D eigenvalue weighted by molar-refractivity contribution is 1.20. The fourth-order valence-corrected chi connectivity index (χ4v) is 1.07. The van der Waals surface area contributed by atoms with Gasteiger partial charge in [-0.3, -0.25) is 0 Å². The quantitative estimate of drug-likeness (QED) is 0.609. The van der Waals surface area contributed by atoms with Gasteiger partial charge in [0.2, 0.25) is 0 Å². The van der Waals surface area contributed by atoms with Crippen LogP contribution in [0.4, 0.5) is 0 Å². The fraction of sp³-hybridized carbons (Fsp3) is 0.286. The molecule has 0 bridgehead atoms. The van der Waals surface area contributed by atoms with Crippen molar-refractivity contribution < 1.29 is 0 Å². The summed E-state index contributed by atoms with van der Waals surface area (Å²) >= 11 is 0. The second-order valence-electron chi connectivity index (χ2n) is 3.40. The van der Waals surface area contributed by atoms with Crippen LogP contribution < -0.4 is 0 Å². The average Bonchev–Trinajstić information content (AvgIpc) is 3.04. The van der Waals surface area contributed by atoms with E-state index >= 15 is 0 Å². The highest BCUT2D eigenvalue weighted by molar-refractivity contribution is 5.30. The Balaban J connectivity index is 0.000000213. The first-order chi connectivity index (χ1) is 6.86. The Labute approximate surface area is 87.0 Å². The van der Waals surface area contributed by atoms with Crippen LogP contribution in [0.15, 0.2) is 54.1 Å². The molecule has 1 aliphatic rings. The van der Waals surface area contributed by atoms with Crippen molar-refractivity contribution in [3.05, 3.63) is 59.7 Å². The van der Waals surface area contributed by atoms with Gasteiger partial charge in [0.05, 0.1) is 0 Å². The molecule has 0 saturated heterocycles. The number of benzene rings is 1. The lowest BCUT2D eigenvalue weighted by atomic mass is 10.1. The Bertz CT molecular complexity index is 300. The summed E-state index contributed by atoms with van der Waals surface area (Å²) in [5, 5.41) is 0. The molecule has 1 aliphatic carbocycles. The molecule has 1 aromatic carbocycles. The smallest absolute Gasteiger partial charge is 0.00639 e. The highest BCUT2D eigenvalue weighted by atomic mass is 14.1. The van der Waals surface area contributed by atoms with Gasteiger partial charge in [0.15, 0.2) is 0 Å². The van der Waals surface area contributed by atoms with Crippen molar-refractivity contribution in [2.75, 3.05) is 0 Å². The molecule has 0 aliphatic heterocycles. The van der Waals surface area contributed by atoms with Gasteiger partial charge in [-0.1, -0.05) is 54.1 Å². The Kier molecular flexibility index (Phi) is 4.77. The van der Waals surface area contributed by atoms with Crippen LogP contribution in [0.5, 0.6) is 0 Å². The van der Waals surface area contributed by atoms with E-state index in [1.165, 1.54) is 18.4 Å². The van der Waals surface area contributed by atoms with Crippen LogP contribution in [-0.2, 0) is 6.42 Å². The second kappa shape index (κ2) is 6.20. The third kappa shape index (κ3) is 4.66. The zero-order chi connectivity index (χ0) is 10.2. The van der Waals surface area contributed by atoms with Crippen LogP contribution >= 0.6 is 0 Å². The first kappa shape index (κ1) is 10.8. The third-order valence-electron chi connectivity index (χ3n) is 2.10. The molecule has 2 rings (SSSR count). The molecule has 1 aromatic rings. The molecule has 0 heteroatoms. The first-order valence-electron chi connectivity index (χ1n) is 5.16. The van der Waals surface area contributed by atoms with Gasteiger partial charge in [-0.2, -0.15) is 0 Å². The van der Waals surface area contributed by atoms with Crippen LogP contribution in [0.25, 0.3) is 0 Å². The number of rotatable bonds is 2. The molecule has 0 N–H and O–H groups in total. The van der Waals surface area contributed by atoms with Crippen LogP contribution in [-0.4, -0.2) is 0 Å². The molecule has 0 spiro atoms.